The van der Waals surface area contributed by atoms with Gasteiger partial charge in [0.05, 0.1) is 0 Å². The van der Waals surface area contributed by atoms with Crippen molar-refractivity contribution in [2.75, 3.05) is 19.6 Å². The van der Waals surface area contributed by atoms with Crippen molar-refractivity contribution in [3.8, 4) is 0 Å². The van der Waals surface area contributed by atoms with Crippen molar-refractivity contribution in [2.24, 2.45) is 5.73 Å². The molecular formula is C20H44N2. The standard InChI is InChI=1S/C20H44N2/c1-2-3-4-5-6-7-8-9-10-11-13-16-19-22-20-17-14-12-15-18-21/h22H,2-21H2,1H3. The molecule has 134 valence electrons. The van der Waals surface area contributed by atoms with Crippen LogP contribution in [0.3, 0.4) is 0 Å². The van der Waals surface area contributed by atoms with E-state index >= 15 is 0 Å². The average molecular weight is 313 g/mol. The maximum Gasteiger partial charge on any atom is -0.00489 e. The fourth-order valence-electron chi connectivity index (χ4n) is 2.96. The first-order valence-corrected chi connectivity index (χ1v) is 10.3. The molecular weight excluding hydrogens is 268 g/mol. The van der Waals surface area contributed by atoms with Gasteiger partial charge in [0.25, 0.3) is 0 Å². The number of hydrogen-bond acceptors (Lipinski definition) is 2. The van der Waals surface area contributed by atoms with Crippen LogP contribution in [0.2, 0.25) is 0 Å². The Hall–Kier alpha value is -0.0800. The zero-order chi connectivity index (χ0) is 16.1. The smallest absolute Gasteiger partial charge is 0.00489 e. The Morgan fingerprint density at radius 1 is 0.500 bits per heavy atom. The molecule has 0 heterocycles. The lowest BCUT2D eigenvalue weighted by Gasteiger charge is -2.05. The molecule has 0 aliphatic rings. The minimum atomic E-state index is 0.853. The van der Waals surface area contributed by atoms with Gasteiger partial charge < -0.3 is 11.1 Å². The average Bonchev–Trinajstić information content (AvgIpc) is 2.54. The summed E-state index contributed by atoms with van der Waals surface area (Å²) in [4.78, 5) is 0. The summed E-state index contributed by atoms with van der Waals surface area (Å²) in [5, 5.41) is 3.57. The molecule has 0 fully saturated rings. The van der Waals surface area contributed by atoms with E-state index in [2.05, 4.69) is 12.2 Å². The highest BCUT2D eigenvalue weighted by Gasteiger charge is 1.94. The van der Waals surface area contributed by atoms with Gasteiger partial charge in [0.2, 0.25) is 0 Å². The van der Waals surface area contributed by atoms with Crippen molar-refractivity contribution < 1.29 is 0 Å². The van der Waals surface area contributed by atoms with E-state index in [9.17, 15) is 0 Å². The predicted molar refractivity (Wildman–Crippen MR) is 101 cm³/mol. The molecule has 0 aromatic carbocycles. The van der Waals surface area contributed by atoms with Crippen LogP contribution in [0, 0.1) is 0 Å². The van der Waals surface area contributed by atoms with E-state index in [-0.39, 0.29) is 0 Å². The molecule has 0 aliphatic heterocycles. The molecule has 22 heavy (non-hydrogen) atoms. The lowest BCUT2D eigenvalue weighted by molar-refractivity contribution is 0.529. The van der Waals surface area contributed by atoms with Gasteiger partial charge in [-0.3, -0.25) is 0 Å². The van der Waals surface area contributed by atoms with E-state index < -0.39 is 0 Å². The van der Waals surface area contributed by atoms with Gasteiger partial charge in [0.15, 0.2) is 0 Å². The Kier molecular flexibility index (Phi) is 20.8. The molecule has 0 aromatic rings. The third kappa shape index (κ3) is 19.9. The van der Waals surface area contributed by atoms with E-state index in [1.807, 2.05) is 0 Å². The monoisotopic (exact) mass is 312 g/mol. The van der Waals surface area contributed by atoms with Crippen LogP contribution in [0.1, 0.15) is 110 Å². The van der Waals surface area contributed by atoms with Crippen molar-refractivity contribution in [3.63, 3.8) is 0 Å². The van der Waals surface area contributed by atoms with Gasteiger partial charge in [-0.05, 0) is 38.9 Å². The van der Waals surface area contributed by atoms with Gasteiger partial charge in [0.1, 0.15) is 0 Å². The number of nitrogens with two attached hydrogens (primary N) is 1. The van der Waals surface area contributed by atoms with E-state index in [1.54, 1.807) is 0 Å². The molecule has 0 saturated heterocycles. The molecule has 0 aromatic heterocycles. The second kappa shape index (κ2) is 20.9. The first-order chi connectivity index (χ1) is 10.9. The molecule has 0 amide bonds. The maximum atomic E-state index is 5.48. The first-order valence-electron chi connectivity index (χ1n) is 10.3. The molecule has 0 aliphatic carbocycles. The fourth-order valence-corrected chi connectivity index (χ4v) is 2.96. The van der Waals surface area contributed by atoms with Crippen LogP contribution >= 0.6 is 0 Å². The van der Waals surface area contributed by atoms with Crippen LogP contribution in [0.15, 0.2) is 0 Å². The number of rotatable bonds is 19. The summed E-state index contributed by atoms with van der Waals surface area (Å²) >= 11 is 0. The molecule has 3 N–H and O–H groups in total. The lowest BCUT2D eigenvalue weighted by atomic mass is 10.1. The fraction of sp³-hybridized carbons (Fsp3) is 1.00. The molecule has 0 bridgehead atoms. The minimum absolute atomic E-state index is 0.853. The van der Waals surface area contributed by atoms with Crippen molar-refractivity contribution in [3.05, 3.63) is 0 Å². The third-order valence-electron chi connectivity index (χ3n) is 4.51. The molecule has 2 nitrogen and oxygen atoms in total. The number of unbranched alkanes of at least 4 members (excludes halogenated alkanes) is 14. The van der Waals surface area contributed by atoms with Crippen LogP contribution in [0.5, 0.6) is 0 Å². The van der Waals surface area contributed by atoms with Crippen LogP contribution in [0.4, 0.5) is 0 Å². The lowest BCUT2D eigenvalue weighted by Crippen LogP contribution is -2.16. The van der Waals surface area contributed by atoms with E-state index in [4.69, 9.17) is 5.73 Å². The van der Waals surface area contributed by atoms with Gasteiger partial charge in [-0.2, -0.15) is 0 Å². The maximum absolute atomic E-state index is 5.48. The summed E-state index contributed by atoms with van der Waals surface area (Å²) in [5.41, 5.74) is 5.48. The number of hydrogen-bond donors (Lipinski definition) is 2. The van der Waals surface area contributed by atoms with Crippen molar-refractivity contribution >= 4 is 0 Å². The van der Waals surface area contributed by atoms with Crippen molar-refractivity contribution in [1.29, 1.82) is 0 Å². The van der Waals surface area contributed by atoms with Crippen LogP contribution in [-0.4, -0.2) is 19.6 Å². The molecule has 0 unspecified atom stereocenters. The topological polar surface area (TPSA) is 38.0 Å². The van der Waals surface area contributed by atoms with Crippen molar-refractivity contribution in [1.82, 2.24) is 5.32 Å². The van der Waals surface area contributed by atoms with E-state index in [0.717, 1.165) is 6.54 Å². The highest BCUT2D eigenvalue weighted by atomic mass is 14.8. The summed E-state index contributed by atoms with van der Waals surface area (Å²) in [7, 11) is 0. The molecule has 0 radical (unpaired) electrons. The predicted octanol–water partition coefficient (Wildman–Crippen LogP) is 5.80. The summed E-state index contributed by atoms with van der Waals surface area (Å²) in [5.74, 6) is 0. The van der Waals surface area contributed by atoms with Crippen LogP contribution in [0.25, 0.3) is 0 Å². The summed E-state index contributed by atoms with van der Waals surface area (Å²) in [6.45, 7) is 5.56. The Balaban J connectivity index is 2.91. The van der Waals surface area contributed by atoms with Gasteiger partial charge in [-0.1, -0.05) is 90.4 Å². The van der Waals surface area contributed by atoms with Gasteiger partial charge >= 0.3 is 0 Å². The van der Waals surface area contributed by atoms with Gasteiger partial charge in [0, 0.05) is 0 Å². The largest absolute Gasteiger partial charge is 0.330 e. The second-order valence-corrected chi connectivity index (χ2v) is 6.84. The highest BCUT2D eigenvalue weighted by molar-refractivity contribution is 4.52. The van der Waals surface area contributed by atoms with Crippen LogP contribution in [-0.2, 0) is 0 Å². The second-order valence-electron chi connectivity index (χ2n) is 6.84. The van der Waals surface area contributed by atoms with Crippen LogP contribution < -0.4 is 11.1 Å². The summed E-state index contributed by atoms with van der Waals surface area (Å²) in [6, 6.07) is 0. The van der Waals surface area contributed by atoms with Crippen molar-refractivity contribution in [2.45, 2.75) is 110 Å². The number of nitrogens with one attached hydrogen (secondary N) is 1. The van der Waals surface area contributed by atoms with E-state index in [0.29, 0.717) is 0 Å². The Morgan fingerprint density at radius 2 is 0.864 bits per heavy atom. The zero-order valence-electron chi connectivity index (χ0n) is 15.5. The van der Waals surface area contributed by atoms with Gasteiger partial charge in [-0.25, -0.2) is 0 Å². The molecule has 0 saturated carbocycles. The van der Waals surface area contributed by atoms with E-state index in [1.165, 1.54) is 116 Å². The highest BCUT2D eigenvalue weighted by Crippen LogP contribution is 2.11. The normalized spacial score (nSPS) is 11.2. The Labute approximate surface area is 141 Å². The first kappa shape index (κ1) is 21.9. The third-order valence-corrected chi connectivity index (χ3v) is 4.51. The van der Waals surface area contributed by atoms with Gasteiger partial charge in [-0.15, -0.1) is 0 Å². The Morgan fingerprint density at radius 3 is 1.27 bits per heavy atom. The molecule has 0 rings (SSSR count). The summed E-state index contributed by atoms with van der Waals surface area (Å²) in [6.07, 6.45) is 22.4. The molecule has 2 heteroatoms. The summed E-state index contributed by atoms with van der Waals surface area (Å²) < 4.78 is 0. The molecule has 0 spiro atoms. The zero-order valence-corrected chi connectivity index (χ0v) is 15.5. The quantitative estimate of drug-likeness (QED) is 0.296. The Bertz CT molecular complexity index is 163. The minimum Gasteiger partial charge on any atom is -0.330 e. The SMILES string of the molecule is CCCCCCCCCCCCCCNCCCCCCN. The molecule has 0 atom stereocenters.